The number of aromatic nitrogens is 2. The van der Waals surface area contributed by atoms with Crippen LogP contribution in [0.2, 0.25) is 0 Å². The van der Waals surface area contributed by atoms with Gasteiger partial charge in [0.15, 0.2) is 11.5 Å². The van der Waals surface area contributed by atoms with Crippen LogP contribution in [0.15, 0.2) is 36.7 Å². The average Bonchev–Trinajstić information content (AvgIpc) is 2.40. The zero-order valence-corrected chi connectivity index (χ0v) is 9.75. The normalized spacial score (nSPS) is 9.83. The molecule has 3 N–H and O–H groups in total. The topological polar surface area (TPSA) is 90.1 Å². The maximum atomic E-state index is 11.2. The number of methoxy groups -OCH3 is 1. The molecule has 0 fully saturated rings. The molecule has 1 heterocycles. The van der Waals surface area contributed by atoms with Crippen molar-refractivity contribution in [2.45, 2.75) is 0 Å². The van der Waals surface area contributed by atoms with Gasteiger partial charge in [0.05, 0.1) is 7.11 Å². The number of anilines is 2. The maximum absolute atomic E-state index is 11.2. The van der Waals surface area contributed by atoms with Crippen LogP contribution in [0, 0.1) is 0 Å². The third-order valence-corrected chi connectivity index (χ3v) is 2.28. The lowest BCUT2D eigenvalue weighted by Gasteiger charge is -2.08. The lowest BCUT2D eigenvalue weighted by molar-refractivity contribution is 0.0996. The Kier molecular flexibility index (Phi) is 3.38. The second kappa shape index (κ2) is 5.13. The molecule has 2 aromatic rings. The van der Waals surface area contributed by atoms with Gasteiger partial charge in [-0.2, -0.15) is 0 Å². The van der Waals surface area contributed by atoms with Crippen molar-refractivity contribution in [2.24, 2.45) is 5.73 Å². The van der Waals surface area contributed by atoms with E-state index in [0.29, 0.717) is 5.82 Å². The zero-order valence-electron chi connectivity index (χ0n) is 9.75. The molecule has 0 aliphatic rings. The van der Waals surface area contributed by atoms with Gasteiger partial charge in [0.2, 0.25) is 0 Å². The minimum Gasteiger partial charge on any atom is -0.497 e. The summed E-state index contributed by atoms with van der Waals surface area (Å²) in [6, 6.07) is 7.20. The second-order valence-corrected chi connectivity index (χ2v) is 3.47. The van der Waals surface area contributed by atoms with Gasteiger partial charge < -0.3 is 15.8 Å². The van der Waals surface area contributed by atoms with Crippen LogP contribution in [0.3, 0.4) is 0 Å². The molecule has 1 aromatic heterocycles. The van der Waals surface area contributed by atoms with Gasteiger partial charge in [-0.25, -0.2) is 9.97 Å². The molecule has 0 bridgehead atoms. The van der Waals surface area contributed by atoms with Crippen molar-refractivity contribution in [3.8, 4) is 5.75 Å². The minimum absolute atomic E-state index is 0.105. The van der Waals surface area contributed by atoms with Gasteiger partial charge in [0.25, 0.3) is 5.91 Å². The fourth-order valence-electron chi connectivity index (χ4n) is 1.42. The summed E-state index contributed by atoms with van der Waals surface area (Å²) in [5.41, 5.74) is 6.08. The first-order valence-electron chi connectivity index (χ1n) is 5.22. The van der Waals surface area contributed by atoms with Gasteiger partial charge in [0, 0.05) is 18.1 Å². The molecule has 6 heteroatoms. The van der Waals surface area contributed by atoms with Crippen LogP contribution in [0.1, 0.15) is 10.5 Å². The molecule has 0 saturated carbocycles. The third kappa shape index (κ3) is 2.54. The van der Waals surface area contributed by atoms with Crippen molar-refractivity contribution < 1.29 is 9.53 Å². The summed E-state index contributed by atoms with van der Waals surface area (Å²) < 4.78 is 5.05. The molecule has 2 rings (SSSR count). The summed E-state index contributed by atoms with van der Waals surface area (Å²) in [7, 11) is 1.59. The van der Waals surface area contributed by atoms with Crippen molar-refractivity contribution in [3.05, 3.63) is 42.4 Å². The SMILES string of the molecule is COc1ccc(Nc2nccnc2C(N)=O)cc1. The molecule has 0 radical (unpaired) electrons. The van der Waals surface area contributed by atoms with E-state index in [1.54, 1.807) is 31.4 Å². The highest BCUT2D eigenvalue weighted by atomic mass is 16.5. The highest BCUT2D eigenvalue weighted by Crippen LogP contribution is 2.19. The Labute approximate surface area is 104 Å². The summed E-state index contributed by atoms with van der Waals surface area (Å²) >= 11 is 0. The summed E-state index contributed by atoms with van der Waals surface area (Å²) in [4.78, 5) is 19.1. The van der Waals surface area contributed by atoms with Gasteiger partial charge in [-0.15, -0.1) is 0 Å². The Bertz CT molecular complexity index is 554. The monoisotopic (exact) mass is 244 g/mol. The maximum Gasteiger partial charge on any atom is 0.271 e. The largest absolute Gasteiger partial charge is 0.497 e. The molecule has 0 atom stereocenters. The summed E-state index contributed by atoms with van der Waals surface area (Å²) in [5.74, 6) is 0.448. The number of rotatable bonds is 4. The molecule has 92 valence electrons. The van der Waals surface area contributed by atoms with Crippen molar-refractivity contribution >= 4 is 17.4 Å². The highest BCUT2D eigenvalue weighted by Gasteiger charge is 2.10. The van der Waals surface area contributed by atoms with E-state index in [0.717, 1.165) is 11.4 Å². The van der Waals surface area contributed by atoms with E-state index in [4.69, 9.17) is 10.5 Å². The molecule has 0 aliphatic heterocycles. The van der Waals surface area contributed by atoms with Crippen LogP contribution in [-0.2, 0) is 0 Å². The quantitative estimate of drug-likeness (QED) is 0.846. The summed E-state index contributed by atoms with van der Waals surface area (Å²) in [6.07, 6.45) is 2.90. The molecular weight excluding hydrogens is 232 g/mol. The Hall–Kier alpha value is -2.63. The van der Waals surface area contributed by atoms with E-state index in [2.05, 4.69) is 15.3 Å². The third-order valence-electron chi connectivity index (χ3n) is 2.28. The van der Waals surface area contributed by atoms with Crippen molar-refractivity contribution in [1.29, 1.82) is 0 Å². The molecule has 0 saturated heterocycles. The number of nitrogens with one attached hydrogen (secondary N) is 1. The molecule has 0 spiro atoms. The minimum atomic E-state index is -0.626. The number of nitrogens with zero attached hydrogens (tertiary/aromatic N) is 2. The van der Waals surface area contributed by atoms with Crippen LogP contribution in [0.25, 0.3) is 0 Å². The average molecular weight is 244 g/mol. The molecule has 18 heavy (non-hydrogen) atoms. The van der Waals surface area contributed by atoms with Gasteiger partial charge >= 0.3 is 0 Å². The van der Waals surface area contributed by atoms with Crippen molar-refractivity contribution in [3.63, 3.8) is 0 Å². The number of hydrogen-bond donors (Lipinski definition) is 2. The lowest BCUT2D eigenvalue weighted by Crippen LogP contribution is -2.16. The van der Waals surface area contributed by atoms with E-state index in [1.165, 1.54) is 12.4 Å². The second-order valence-electron chi connectivity index (χ2n) is 3.47. The van der Waals surface area contributed by atoms with E-state index >= 15 is 0 Å². The predicted octanol–water partition coefficient (Wildman–Crippen LogP) is 1.33. The molecule has 6 nitrogen and oxygen atoms in total. The number of benzene rings is 1. The van der Waals surface area contributed by atoms with Crippen molar-refractivity contribution in [1.82, 2.24) is 9.97 Å². The summed E-state index contributed by atoms with van der Waals surface area (Å²) in [6.45, 7) is 0. The number of hydrogen-bond acceptors (Lipinski definition) is 5. The Morgan fingerprint density at radius 2 is 1.89 bits per heavy atom. The van der Waals surface area contributed by atoms with Crippen LogP contribution in [-0.4, -0.2) is 23.0 Å². The number of primary amides is 1. The number of nitrogens with two attached hydrogens (primary N) is 1. The number of amides is 1. The number of carbonyl (C=O) groups is 1. The van der Waals surface area contributed by atoms with Gasteiger partial charge in [-0.3, -0.25) is 4.79 Å². The molecule has 0 unspecified atom stereocenters. The highest BCUT2D eigenvalue weighted by molar-refractivity contribution is 5.96. The summed E-state index contributed by atoms with van der Waals surface area (Å²) in [5, 5.41) is 2.98. The Morgan fingerprint density at radius 1 is 1.22 bits per heavy atom. The van der Waals surface area contributed by atoms with Crippen molar-refractivity contribution in [2.75, 3.05) is 12.4 Å². The number of carbonyl (C=O) groups excluding carboxylic acids is 1. The van der Waals surface area contributed by atoms with Gasteiger partial charge in [-0.05, 0) is 24.3 Å². The first-order chi connectivity index (χ1) is 8.70. The van der Waals surface area contributed by atoms with Crippen LogP contribution in [0.5, 0.6) is 5.75 Å². The fraction of sp³-hybridized carbons (Fsp3) is 0.0833. The van der Waals surface area contributed by atoms with Crippen LogP contribution in [0.4, 0.5) is 11.5 Å². The molecule has 1 amide bonds. The standard InChI is InChI=1S/C12H12N4O2/c1-18-9-4-2-8(3-5-9)16-12-10(11(13)17)14-6-7-15-12/h2-7H,1H3,(H2,13,17)(H,15,16). The smallest absolute Gasteiger partial charge is 0.271 e. The first-order valence-corrected chi connectivity index (χ1v) is 5.22. The predicted molar refractivity (Wildman–Crippen MR) is 66.8 cm³/mol. The molecule has 1 aromatic carbocycles. The van der Waals surface area contributed by atoms with Gasteiger partial charge in [-0.1, -0.05) is 0 Å². The van der Waals surface area contributed by atoms with E-state index < -0.39 is 5.91 Å². The zero-order chi connectivity index (χ0) is 13.0. The van der Waals surface area contributed by atoms with Gasteiger partial charge in [0.1, 0.15) is 5.75 Å². The first kappa shape index (κ1) is 11.8. The Morgan fingerprint density at radius 3 is 2.50 bits per heavy atom. The lowest BCUT2D eigenvalue weighted by atomic mass is 10.3. The van der Waals surface area contributed by atoms with E-state index in [1.807, 2.05) is 0 Å². The fourth-order valence-corrected chi connectivity index (χ4v) is 1.42. The Balaban J connectivity index is 2.25. The molecule has 0 aliphatic carbocycles. The van der Waals surface area contributed by atoms with Crippen LogP contribution >= 0.6 is 0 Å². The number of ether oxygens (including phenoxy) is 1. The van der Waals surface area contributed by atoms with E-state index in [9.17, 15) is 4.79 Å². The van der Waals surface area contributed by atoms with E-state index in [-0.39, 0.29) is 5.69 Å². The molecular formula is C12H12N4O2. The van der Waals surface area contributed by atoms with Crippen LogP contribution < -0.4 is 15.8 Å².